The van der Waals surface area contributed by atoms with Crippen molar-refractivity contribution in [3.63, 3.8) is 0 Å². The number of nitrogens with one attached hydrogen (secondary N) is 1. The highest BCUT2D eigenvalue weighted by molar-refractivity contribution is 7.86. The van der Waals surface area contributed by atoms with E-state index in [-0.39, 0.29) is 5.82 Å². The van der Waals surface area contributed by atoms with Gasteiger partial charge in [0.05, 0.1) is 11.4 Å². The van der Waals surface area contributed by atoms with Crippen molar-refractivity contribution in [1.82, 2.24) is 19.4 Å². The minimum Gasteiger partial charge on any atom is -0.367 e. The standard InChI is InChI=1S/C26H28FN7OS/c1-31-11-13-32(14-12-31)24-7-6-20(16-23(24)27)29-26-28-18-19-8-10-33(25(19)30-26)21-4-2-5-22(17-21)34-9-3-15-36(34)35/h2,4-8,10,16-18H,3,9,11-15H2,1H3,(H,28,29,30). The normalized spacial score (nSPS) is 18.8. The fourth-order valence-corrected chi connectivity index (χ4v) is 6.07. The van der Waals surface area contributed by atoms with Gasteiger partial charge in [0.15, 0.2) is 0 Å². The Kier molecular flexibility index (Phi) is 6.06. The highest BCUT2D eigenvalue weighted by atomic mass is 32.2. The second-order valence-electron chi connectivity index (χ2n) is 9.24. The highest BCUT2D eigenvalue weighted by Gasteiger charge is 2.21. The second-order valence-corrected chi connectivity index (χ2v) is 10.7. The van der Waals surface area contributed by atoms with Gasteiger partial charge in [-0.3, -0.25) is 4.31 Å². The van der Waals surface area contributed by atoms with Gasteiger partial charge in [-0.05, 0) is 55.9 Å². The molecule has 186 valence electrons. The van der Waals surface area contributed by atoms with E-state index >= 15 is 0 Å². The van der Waals surface area contributed by atoms with Crippen LogP contribution in [0.2, 0.25) is 0 Å². The third kappa shape index (κ3) is 4.42. The number of nitrogens with zero attached hydrogens (tertiary/aromatic N) is 6. The van der Waals surface area contributed by atoms with Crippen molar-refractivity contribution in [1.29, 1.82) is 0 Å². The van der Waals surface area contributed by atoms with E-state index in [2.05, 4.69) is 27.1 Å². The van der Waals surface area contributed by atoms with E-state index in [1.807, 2.05) is 57.5 Å². The van der Waals surface area contributed by atoms with Crippen molar-refractivity contribution in [3.05, 3.63) is 66.7 Å². The van der Waals surface area contributed by atoms with Gasteiger partial charge >= 0.3 is 0 Å². The predicted octanol–water partition coefficient (Wildman–Crippen LogP) is 3.93. The molecule has 0 amide bonds. The Labute approximate surface area is 211 Å². The maximum Gasteiger partial charge on any atom is 0.229 e. The predicted molar refractivity (Wildman–Crippen MR) is 143 cm³/mol. The van der Waals surface area contributed by atoms with Gasteiger partial charge in [-0.15, -0.1) is 0 Å². The average Bonchev–Trinajstić information content (AvgIpc) is 3.51. The molecule has 2 fully saturated rings. The average molecular weight is 506 g/mol. The third-order valence-corrected chi connectivity index (χ3v) is 8.32. The van der Waals surface area contributed by atoms with E-state index in [9.17, 15) is 8.60 Å². The Bertz CT molecular complexity index is 1430. The van der Waals surface area contributed by atoms with Crippen LogP contribution in [-0.2, 0) is 11.0 Å². The summed E-state index contributed by atoms with van der Waals surface area (Å²) in [6.45, 7) is 4.26. The molecule has 4 heterocycles. The summed E-state index contributed by atoms with van der Waals surface area (Å²) in [4.78, 5) is 13.5. The van der Waals surface area contributed by atoms with Crippen LogP contribution < -0.4 is 14.5 Å². The Hall–Kier alpha value is -3.50. The van der Waals surface area contributed by atoms with E-state index in [4.69, 9.17) is 4.98 Å². The van der Waals surface area contributed by atoms with Crippen LogP contribution in [0.3, 0.4) is 0 Å². The first kappa shape index (κ1) is 22.9. The molecule has 4 aromatic rings. The molecule has 0 spiro atoms. The first-order chi connectivity index (χ1) is 17.5. The summed E-state index contributed by atoms with van der Waals surface area (Å²) < 4.78 is 31.2. The molecule has 6 rings (SSSR count). The molecule has 2 aliphatic heterocycles. The van der Waals surface area contributed by atoms with E-state index in [1.54, 1.807) is 6.20 Å². The lowest BCUT2D eigenvalue weighted by molar-refractivity contribution is 0.311. The van der Waals surface area contributed by atoms with E-state index in [0.29, 0.717) is 23.1 Å². The molecular weight excluding hydrogens is 477 g/mol. The molecular formula is C26H28FN7OS. The van der Waals surface area contributed by atoms with Gasteiger partial charge in [0, 0.05) is 67.6 Å². The largest absolute Gasteiger partial charge is 0.367 e. The number of piperazine rings is 1. The molecule has 36 heavy (non-hydrogen) atoms. The van der Waals surface area contributed by atoms with Crippen LogP contribution in [0.4, 0.5) is 27.4 Å². The zero-order valence-electron chi connectivity index (χ0n) is 20.1. The maximum absolute atomic E-state index is 15.0. The van der Waals surface area contributed by atoms with Gasteiger partial charge in [-0.25, -0.2) is 13.6 Å². The SMILES string of the molecule is CN1CCN(c2ccc(Nc3ncc4ccn(-c5cccc(N6CCCS6=O)c5)c4n3)cc2F)CC1. The number of benzene rings is 2. The van der Waals surface area contributed by atoms with Gasteiger partial charge in [-0.2, -0.15) is 4.98 Å². The minimum atomic E-state index is -0.975. The van der Waals surface area contributed by atoms with Gasteiger partial charge < -0.3 is 19.7 Å². The number of rotatable bonds is 5. The van der Waals surface area contributed by atoms with Crippen molar-refractivity contribution in [2.24, 2.45) is 0 Å². The Morgan fingerprint density at radius 2 is 1.83 bits per heavy atom. The zero-order chi connectivity index (χ0) is 24.6. The van der Waals surface area contributed by atoms with Gasteiger partial charge in [-0.1, -0.05) is 6.07 Å². The molecule has 0 radical (unpaired) electrons. The van der Waals surface area contributed by atoms with Crippen molar-refractivity contribution in [2.45, 2.75) is 6.42 Å². The molecule has 0 aliphatic carbocycles. The summed E-state index contributed by atoms with van der Waals surface area (Å²) >= 11 is 0. The van der Waals surface area contributed by atoms with E-state index in [1.165, 1.54) is 6.07 Å². The molecule has 2 aromatic heterocycles. The van der Waals surface area contributed by atoms with Gasteiger partial charge in [0.2, 0.25) is 5.95 Å². The van der Waals surface area contributed by atoms with Crippen molar-refractivity contribution < 1.29 is 8.60 Å². The fraction of sp³-hybridized carbons (Fsp3) is 0.308. The second kappa shape index (κ2) is 9.51. The molecule has 2 aliphatic rings. The van der Waals surface area contributed by atoms with Crippen LogP contribution in [0.25, 0.3) is 16.7 Å². The molecule has 1 N–H and O–H groups in total. The topological polar surface area (TPSA) is 69.5 Å². The van der Waals surface area contributed by atoms with Crippen LogP contribution in [0.5, 0.6) is 0 Å². The zero-order valence-corrected chi connectivity index (χ0v) is 20.9. The molecule has 10 heteroatoms. The molecule has 2 aromatic carbocycles. The molecule has 8 nitrogen and oxygen atoms in total. The first-order valence-electron chi connectivity index (χ1n) is 12.2. The van der Waals surface area contributed by atoms with Crippen LogP contribution >= 0.6 is 0 Å². The third-order valence-electron chi connectivity index (χ3n) is 6.80. The fourth-order valence-electron chi connectivity index (χ4n) is 4.79. The Balaban J connectivity index is 1.25. The Morgan fingerprint density at radius 1 is 1.00 bits per heavy atom. The number of halogens is 1. The molecule has 0 saturated carbocycles. The van der Waals surface area contributed by atoms with Crippen LogP contribution in [0.15, 0.2) is 60.9 Å². The summed E-state index contributed by atoms with van der Waals surface area (Å²) in [5, 5.41) is 4.05. The van der Waals surface area contributed by atoms with Crippen molar-refractivity contribution in [3.8, 4) is 5.69 Å². The number of hydrogen-bond donors (Lipinski definition) is 1. The van der Waals surface area contributed by atoms with Gasteiger partial charge in [0.25, 0.3) is 0 Å². The number of fused-ring (bicyclic) bond motifs is 1. The molecule has 2 saturated heterocycles. The van der Waals surface area contributed by atoms with Crippen molar-refractivity contribution in [2.75, 3.05) is 60.0 Å². The summed E-state index contributed by atoms with van der Waals surface area (Å²) in [5.41, 5.74) is 3.83. The number of likely N-dealkylation sites (N-methyl/N-ethyl adjacent to an activating group) is 1. The first-order valence-corrected chi connectivity index (χ1v) is 13.4. The monoisotopic (exact) mass is 505 g/mol. The summed E-state index contributed by atoms with van der Waals surface area (Å²) in [6, 6.07) is 15.1. The highest BCUT2D eigenvalue weighted by Crippen LogP contribution is 2.28. The summed E-state index contributed by atoms with van der Waals surface area (Å²) in [5.74, 6) is 0.840. The lowest BCUT2D eigenvalue weighted by Crippen LogP contribution is -2.44. The summed E-state index contributed by atoms with van der Waals surface area (Å²) in [7, 11) is 1.11. The number of hydrogen-bond acceptors (Lipinski definition) is 6. The lowest BCUT2D eigenvalue weighted by atomic mass is 10.2. The minimum absolute atomic E-state index is 0.259. The maximum atomic E-state index is 15.0. The molecule has 1 unspecified atom stereocenters. The lowest BCUT2D eigenvalue weighted by Gasteiger charge is -2.34. The van der Waals surface area contributed by atoms with Gasteiger partial charge in [0.1, 0.15) is 22.5 Å². The molecule has 1 atom stereocenters. The quantitative estimate of drug-likeness (QED) is 0.443. The smallest absolute Gasteiger partial charge is 0.229 e. The van der Waals surface area contributed by atoms with Crippen LogP contribution in [0.1, 0.15) is 6.42 Å². The van der Waals surface area contributed by atoms with Crippen molar-refractivity contribution >= 4 is 45.0 Å². The number of anilines is 4. The van der Waals surface area contributed by atoms with E-state index in [0.717, 1.165) is 61.6 Å². The Morgan fingerprint density at radius 3 is 2.61 bits per heavy atom. The summed E-state index contributed by atoms with van der Waals surface area (Å²) in [6.07, 6.45) is 4.64. The number of aromatic nitrogens is 3. The van der Waals surface area contributed by atoms with E-state index < -0.39 is 11.0 Å². The van der Waals surface area contributed by atoms with Crippen LogP contribution in [-0.4, -0.2) is 69.2 Å². The molecule has 0 bridgehead atoms. The van der Waals surface area contributed by atoms with Crippen LogP contribution in [0, 0.1) is 5.82 Å².